The number of sulfonamides is 1. The summed E-state index contributed by atoms with van der Waals surface area (Å²) < 4.78 is 31.6. The standard InChI is InChI=1S/C19H27N3O6S/c1-3-20-19(25)15(2)28-18(24)10-9-17(23)21-11-13-22(14-12-21)29(26,27)16-7-5-4-6-8-16/h4-8,15H,3,9-14H2,1-2H3,(H,20,25)/t15-/m0/s1. The van der Waals surface area contributed by atoms with Crippen molar-refractivity contribution in [3.05, 3.63) is 30.3 Å². The van der Waals surface area contributed by atoms with E-state index in [1.54, 1.807) is 37.3 Å². The molecule has 0 bridgehead atoms. The first kappa shape index (κ1) is 22.8. The third-order valence-electron chi connectivity index (χ3n) is 4.54. The van der Waals surface area contributed by atoms with Gasteiger partial charge in [-0.15, -0.1) is 0 Å². The Kier molecular flexibility index (Phi) is 8.15. The molecule has 2 rings (SSSR count). The zero-order valence-corrected chi connectivity index (χ0v) is 17.5. The van der Waals surface area contributed by atoms with E-state index in [0.717, 1.165) is 0 Å². The van der Waals surface area contributed by atoms with Crippen LogP contribution in [0.3, 0.4) is 0 Å². The minimum Gasteiger partial charge on any atom is -0.453 e. The monoisotopic (exact) mass is 425 g/mol. The lowest BCUT2D eigenvalue weighted by Crippen LogP contribution is -2.50. The van der Waals surface area contributed by atoms with Crippen molar-refractivity contribution in [2.45, 2.75) is 37.7 Å². The highest BCUT2D eigenvalue weighted by Crippen LogP contribution is 2.17. The Bertz CT molecular complexity index is 820. The topological polar surface area (TPSA) is 113 Å². The van der Waals surface area contributed by atoms with Crippen LogP contribution in [0.5, 0.6) is 0 Å². The van der Waals surface area contributed by atoms with E-state index in [1.807, 2.05) is 0 Å². The molecule has 0 saturated carbocycles. The fourth-order valence-electron chi connectivity index (χ4n) is 2.91. The molecule has 10 heteroatoms. The van der Waals surface area contributed by atoms with Gasteiger partial charge in [-0.25, -0.2) is 8.42 Å². The number of piperazine rings is 1. The first-order valence-electron chi connectivity index (χ1n) is 9.56. The largest absolute Gasteiger partial charge is 0.453 e. The molecule has 9 nitrogen and oxygen atoms in total. The molecule has 1 N–H and O–H groups in total. The number of ether oxygens (including phenoxy) is 1. The number of rotatable bonds is 8. The van der Waals surface area contributed by atoms with Crippen LogP contribution in [0.4, 0.5) is 0 Å². The average Bonchev–Trinajstić information content (AvgIpc) is 2.72. The van der Waals surface area contributed by atoms with E-state index in [9.17, 15) is 22.8 Å². The number of esters is 1. The van der Waals surface area contributed by atoms with Crippen LogP contribution in [0.1, 0.15) is 26.7 Å². The molecule has 29 heavy (non-hydrogen) atoms. The molecule has 1 saturated heterocycles. The molecule has 2 amide bonds. The van der Waals surface area contributed by atoms with Gasteiger partial charge in [0.15, 0.2) is 6.10 Å². The number of hydrogen-bond acceptors (Lipinski definition) is 6. The molecule has 1 aliphatic rings. The normalized spacial score (nSPS) is 16.1. The van der Waals surface area contributed by atoms with Crippen molar-refractivity contribution in [1.29, 1.82) is 0 Å². The number of amides is 2. The van der Waals surface area contributed by atoms with Gasteiger partial charge >= 0.3 is 5.97 Å². The van der Waals surface area contributed by atoms with Crippen molar-refractivity contribution in [3.8, 4) is 0 Å². The van der Waals surface area contributed by atoms with Gasteiger partial charge in [-0.05, 0) is 26.0 Å². The second-order valence-corrected chi connectivity index (χ2v) is 8.56. The Labute approximate surface area is 171 Å². The van der Waals surface area contributed by atoms with Gasteiger partial charge in [0.05, 0.1) is 11.3 Å². The highest BCUT2D eigenvalue weighted by molar-refractivity contribution is 7.89. The fraction of sp³-hybridized carbons (Fsp3) is 0.526. The Morgan fingerprint density at radius 1 is 1.07 bits per heavy atom. The zero-order valence-electron chi connectivity index (χ0n) is 16.7. The van der Waals surface area contributed by atoms with Gasteiger partial charge < -0.3 is 15.0 Å². The predicted molar refractivity (Wildman–Crippen MR) is 105 cm³/mol. The number of nitrogens with zero attached hydrogens (tertiary/aromatic N) is 2. The minimum atomic E-state index is -3.58. The van der Waals surface area contributed by atoms with Crippen LogP contribution >= 0.6 is 0 Å². The lowest BCUT2D eigenvalue weighted by Gasteiger charge is -2.34. The van der Waals surface area contributed by atoms with E-state index in [-0.39, 0.29) is 55.7 Å². The summed E-state index contributed by atoms with van der Waals surface area (Å²) in [6.07, 6.45) is -1.10. The van der Waals surface area contributed by atoms with Gasteiger partial charge in [-0.3, -0.25) is 14.4 Å². The van der Waals surface area contributed by atoms with Gasteiger partial charge in [-0.2, -0.15) is 4.31 Å². The molecule has 1 heterocycles. The summed E-state index contributed by atoms with van der Waals surface area (Å²) in [6.45, 7) is 4.58. The summed E-state index contributed by atoms with van der Waals surface area (Å²) >= 11 is 0. The Hall–Kier alpha value is -2.46. The molecule has 1 aromatic carbocycles. The second-order valence-electron chi connectivity index (χ2n) is 6.62. The van der Waals surface area contributed by atoms with Crippen LogP contribution < -0.4 is 5.32 Å². The Balaban J connectivity index is 1.79. The van der Waals surface area contributed by atoms with E-state index in [1.165, 1.54) is 16.1 Å². The van der Waals surface area contributed by atoms with Gasteiger partial charge in [0.25, 0.3) is 5.91 Å². The van der Waals surface area contributed by atoms with Crippen LogP contribution in [-0.2, 0) is 29.1 Å². The minimum absolute atomic E-state index is 0.0492. The molecule has 0 radical (unpaired) electrons. The molecule has 1 fully saturated rings. The van der Waals surface area contributed by atoms with Crippen molar-refractivity contribution in [1.82, 2.24) is 14.5 Å². The lowest BCUT2D eigenvalue weighted by atomic mass is 10.2. The molecule has 0 aliphatic carbocycles. The zero-order chi connectivity index (χ0) is 21.4. The number of hydrogen-bond donors (Lipinski definition) is 1. The summed E-state index contributed by atoms with van der Waals surface area (Å²) in [7, 11) is -3.58. The molecule has 1 aliphatic heterocycles. The van der Waals surface area contributed by atoms with E-state index in [0.29, 0.717) is 6.54 Å². The number of nitrogens with one attached hydrogen (secondary N) is 1. The van der Waals surface area contributed by atoms with Crippen LogP contribution in [0.2, 0.25) is 0 Å². The van der Waals surface area contributed by atoms with Crippen molar-refractivity contribution >= 4 is 27.8 Å². The van der Waals surface area contributed by atoms with Gasteiger partial charge in [0.2, 0.25) is 15.9 Å². The molecule has 1 atom stereocenters. The van der Waals surface area contributed by atoms with E-state index in [4.69, 9.17) is 4.74 Å². The van der Waals surface area contributed by atoms with Crippen LogP contribution in [0.15, 0.2) is 35.2 Å². The summed E-state index contributed by atoms with van der Waals surface area (Å²) in [5.41, 5.74) is 0. The van der Waals surface area contributed by atoms with Crippen molar-refractivity contribution in [2.24, 2.45) is 0 Å². The van der Waals surface area contributed by atoms with Crippen LogP contribution in [0, 0.1) is 0 Å². The Morgan fingerprint density at radius 3 is 2.28 bits per heavy atom. The number of benzene rings is 1. The number of carbonyl (C=O) groups is 3. The lowest BCUT2D eigenvalue weighted by molar-refractivity contribution is -0.155. The summed E-state index contributed by atoms with van der Waals surface area (Å²) in [4.78, 5) is 37.5. The first-order chi connectivity index (χ1) is 13.8. The van der Waals surface area contributed by atoms with E-state index >= 15 is 0 Å². The summed E-state index contributed by atoms with van der Waals surface area (Å²) in [5.74, 6) is -1.25. The SMILES string of the molecule is CCNC(=O)[C@H](C)OC(=O)CCC(=O)N1CCN(S(=O)(=O)c2ccccc2)CC1. The average molecular weight is 426 g/mol. The smallest absolute Gasteiger partial charge is 0.307 e. The Morgan fingerprint density at radius 2 is 1.69 bits per heavy atom. The summed E-state index contributed by atoms with van der Waals surface area (Å²) in [5, 5.41) is 2.55. The fourth-order valence-corrected chi connectivity index (χ4v) is 4.36. The molecule has 160 valence electrons. The molecule has 1 aromatic rings. The predicted octanol–water partition coefficient (Wildman–Crippen LogP) is 0.368. The van der Waals surface area contributed by atoms with Gasteiger partial charge in [-0.1, -0.05) is 18.2 Å². The molecular formula is C19H27N3O6S. The summed E-state index contributed by atoms with van der Waals surface area (Å²) in [6, 6.07) is 8.16. The molecule has 0 unspecified atom stereocenters. The third kappa shape index (κ3) is 6.26. The quantitative estimate of drug-likeness (QED) is 0.602. The third-order valence-corrected chi connectivity index (χ3v) is 6.46. The van der Waals surface area contributed by atoms with Crippen molar-refractivity contribution in [2.75, 3.05) is 32.7 Å². The number of likely N-dealkylation sites (N-methyl/N-ethyl adjacent to an activating group) is 1. The highest BCUT2D eigenvalue weighted by atomic mass is 32.2. The van der Waals surface area contributed by atoms with E-state index in [2.05, 4.69) is 5.32 Å². The maximum Gasteiger partial charge on any atom is 0.307 e. The maximum atomic E-state index is 12.6. The van der Waals surface area contributed by atoms with Gasteiger partial charge in [0, 0.05) is 39.1 Å². The molecule has 0 spiro atoms. The van der Waals surface area contributed by atoms with Crippen LogP contribution in [-0.4, -0.2) is 74.2 Å². The maximum absolute atomic E-state index is 12.6. The highest BCUT2D eigenvalue weighted by Gasteiger charge is 2.30. The first-order valence-corrected chi connectivity index (χ1v) is 11.0. The molecule has 0 aromatic heterocycles. The van der Waals surface area contributed by atoms with Crippen molar-refractivity contribution < 1.29 is 27.5 Å². The van der Waals surface area contributed by atoms with Gasteiger partial charge in [0.1, 0.15) is 0 Å². The van der Waals surface area contributed by atoms with Crippen LogP contribution in [0.25, 0.3) is 0 Å². The molecular weight excluding hydrogens is 398 g/mol. The van der Waals surface area contributed by atoms with Crippen molar-refractivity contribution in [3.63, 3.8) is 0 Å². The number of carbonyl (C=O) groups excluding carboxylic acids is 3. The van der Waals surface area contributed by atoms with E-state index < -0.39 is 22.1 Å². The second kappa shape index (κ2) is 10.4.